The molecule has 1 N–H and O–H groups in total. The average molecular weight is 271 g/mol. The molecular formula is C9H7ClN4O2S. The van der Waals surface area contributed by atoms with Crippen molar-refractivity contribution in [2.24, 2.45) is 0 Å². The highest BCUT2D eigenvalue weighted by molar-refractivity contribution is 7.92. The second-order valence-electron chi connectivity index (χ2n) is 2.98. The Labute approximate surface area is 103 Å². The SMILES string of the molecule is O=S(=O)(Nc1ncccn1)c1cnccc1Cl. The highest BCUT2D eigenvalue weighted by atomic mass is 35.5. The van der Waals surface area contributed by atoms with Crippen LogP contribution >= 0.6 is 11.6 Å². The van der Waals surface area contributed by atoms with Gasteiger partial charge >= 0.3 is 0 Å². The van der Waals surface area contributed by atoms with Crippen molar-refractivity contribution in [1.29, 1.82) is 0 Å². The van der Waals surface area contributed by atoms with Gasteiger partial charge in [0.25, 0.3) is 10.0 Å². The van der Waals surface area contributed by atoms with Crippen LogP contribution in [0.3, 0.4) is 0 Å². The van der Waals surface area contributed by atoms with E-state index >= 15 is 0 Å². The molecule has 0 spiro atoms. The Balaban J connectivity index is 2.36. The first-order valence-electron chi connectivity index (χ1n) is 4.49. The molecule has 2 rings (SSSR count). The van der Waals surface area contributed by atoms with Crippen LogP contribution < -0.4 is 4.72 Å². The van der Waals surface area contributed by atoms with Gasteiger partial charge in [-0.15, -0.1) is 0 Å². The molecule has 0 aliphatic carbocycles. The molecule has 0 saturated heterocycles. The predicted molar refractivity (Wildman–Crippen MR) is 62.1 cm³/mol. The standard InChI is InChI=1S/C9H7ClN4O2S/c10-7-2-5-11-6-8(7)17(15,16)14-9-12-3-1-4-13-9/h1-6H,(H,12,13,14). The molecule has 0 aromatic carbocycles. The van der Waals surface area contributed by atoms with Crippen LogP contribution in [0.25, 0.3) is 0 Å². The van der Waals surface area contributed by atoms with Gasteiger partial charge in [0.05, 0.1) is 5.02 Å². The van der Waals surface area contributed by atoms with Crippen LogP contribution in [0.15, 0.2) is 41.8 Å². The normalized spacial score (nSPS) is 11.1. The molecular weight excluding hydrogens is 264 g/mol. The van der Waals surface area contributed by atoms with Crippen molar-refractivity contribution < 1.29 is 8.42 Å². The molecule has 0 radical (unpaired) electrons. The van der Waals surface area contributed by atoms with Crippen LogP contribution in [0.2, 0.25) is 5.02 Å². The summed E-state index contributed by atoms with van der Waals surface area (Å²) in [6, 6.07) is 2.97. The molecule has 0 amide bonds. The number of hydrogen-bond acceptors (Lipinski definition) is 5. The maximum atomic E-state index is 11.9. The molecule has 0 saturated carbocycles. The summed E-state index contributed by atoms with van der Waals surface area (Å²) in [6.45, 7) is 0. The van der Waals surface area contributed by atoms with E-state index < -0.39 is 10.0 Å². The van der Waals surface area contributed by atoms with Crippen LogP contribution in [0.4, 0.5) is 5.95 Å². The van der Waals surface area contributed by atoms with Crippen molar-refractivity contribution in [2.45, 2.75) is 4.90 Å². The Morgan fingerprint density at radius 1 is 1.18 bits per heavy atom. The maximum Gasteiger partial charge on any atom is 0.267 e. The maximum absolute atomic E-state index is 11.9. The third-order valence-electron chi connectivity index (χ3n) is 1.82. The zero-order chi connectivity index (χ0) is 12.3. The summed E-state index contributed by atoms with van der Waals surface area (Å²) in [7, 11) is -3.81. The zero-order valence-electron chi connectivity index (χ0n) is 8.41. The Bertz CT molecular complexity index is 618. The van der Waals surface area contributed by atoms with Crippen LogP contribution in [0.5, 0.6) is 0 Å². The van der Waals surface area contributed by atoms with Gasteiger partial charge in [-0.1, -0.05) is 11.6 Å². The number of nitrogens with one attached hydrogen (secondary N) is 1. The van der Waals surface area contributed by atoms with Crippen LogP contribution in [-0.4, -0.2) is 23.4 Å². The van der Waals surface area contributed by atoms with Gasteiger partial charge in [-0.2, -0.15) is 0 Å². The molecule has 0 aliphatic heterocycles. The molecule has 0 unspecified atom stereocenters. The van der Waals surface area contributed by atoms with E-state index in [0.29, 0.717) is 0 Å². The minimum Gasteiger partial charge on any atom is -0.263 e. The molecule has 88 valence electrons. The minimum atomic E-state index is -3.81. The van der Waals surface area contributed by atoms with E-state index in [1.807, 2.05) is 0 Å². The minimum absolute atomic E-state index is 0.0209. The molecule has 17 heavy (non-hydrogen) atoms. The summed E-state index contributed by atoms with van der Waals surface area (Å²) in [5.74, 6) is -0.0209. The monoisotopic (exact) mass is 270 g/mol. The molecule has 2 aromatic heterocycles. The molecule has 0 bridgehead atoms. The Hall–Kier alpha value is -1.73. The fourth-order valence-corrected chi connectivity index (χ4v) is 2.48. The van der Waals surface area contributed by atoms with Gasteiger partial charge in [0.15, 0.2) is 0 Å². The van der Waals surface area contributed by atoms with Crippen LogP contribution in [0.1, 0.15) is 0 Å². The molecule has 8 heteroatoms. The largest absolute Gasteiger partial charge is 0.267 e. The third kappa shape index (κ3) is 2.69. The number of rotatable bonds is 3. The average Bonchev–Trinajstić information content (AvgIpc) is 2.30. The van der Waals surface area contributed by atoms with Gasteiger partial charge in [0.1, 0.15) is 4.90 Å². The van der Waals surface area contributed by atoms with Gasteiger partial charge in [-0.05, 0) is 12.1 Å². The lowest BCUT2D eigenvalue weighted by atomic mass is 10.5. The van der Waals surface area contributed by atoms with Crippen molar-refractivity contribution >= 4 is 27.6 Å². The predicted octanol–water partition coefficient (Wildman–Crippen LogP) is 1.33. The Morgan fingerprint density at radius 2 is 1.88 bits per heavy atom. The number of halogens is 1. The molecule has 0 aliphatic rings. The number of sulfonamides is 1. The van der Waals surface area contributed by atoms with Gasteiger partial charge in [0, 0.05) is 24.8 Å². The fraction of sp³-hybridized carbons (Fsp3) is 0. The van der Waals surface area contributed by atoms with E-state index in [4.69, 9.17) is 11.6 Å². The van der Waals surface area contributed by atoms with E-state index in [-0.39, 0.29) is 15.9 Å². The van der Waals surface area contributed by atoms with E-state index in [0.717, 1.165) is 6.20 Å². The first-order valence-corrected chi connectivity index (χ1v) is 6.35. The second-order valence-corrected chi connectivity index (χ2v) is 5.04. The molecule has 0 atom stereocenters. The van der Waals surface area contributed by atoms with Crippen molar-refractivity contribution in [3.8, 4) is 0 Å². The number of aromatic nitrogens is 3. The van der Waals surface area contributed by atoms with Crippen molar-refractivity contribution in [2.75, 3.05) is 4.72 Å². The van der Waals surface area contributed by atoms with E-state index in [2.05, 4.69) is 19.7 Å². The van der Waals surface area contributed by atoms with Crippen LogP contribution in [-0.2, 0) is 10.0 Å². The lowest BCUT2D eigenvalue weighted by molar-refractivity contribution is 0.600. The quantitative estimate of drug-likeness (QED) is 0.909. The molecule has 0 fully saturated rings. The fourth-order valence-electron chi connectivity index (χ4n) is 1.09. The number of hydrogen-bond donors (Lipinski definition) is 1. The van der Waals surface area contributed by atoms with E-state index in [1.165, 1.54) is 24.7 Å². The smallest absolute Gasteiger partial charge is 0.263 e. The molecule has 6 nitrogen and oxygen atoms in total. The van der Waals surface area contributed by atoms with Gasteiger partial charge < -0.3 is 0 Å². The highest BCUT2D eigenvalue weighted by Crippen LogP contribution is 2.20. The zero-order valence-corrected chi connectivity index (χ0v) is 9.98. The highest BCUT2D eigenvalue weighted by Gasteiger charge is 2.18. The summed E-state index contributed by atoms with van der Waals surface area (Å²) >= 11 is 5.78. The first kappa shape index (κ1) is 11.7. The summed E-state index contributed by atoms with van der Waals surface area (Å²) in [4.78, 5) is 11.1. The number of anilines is 1. The summed E-state index contributed by atoms with van der Waals surface area (Å²) < 4.78 is 26.0. The molecule has 2 aromatic rings. The lowest BCUT2D eigenvalue weighted by Gasteiger charge is -2.06. The van der Waals surface area contributed by atoms with Crippen molar-refractivity contribution in [3.63, 3.8) is 0 Å². The van der Waals surface area contributed by atoms with Gasteiger partial charge in [-0.25, -0.2) is 23.1 Å². The summed E-state index contributed by atoms with van der Waals surface area (Å²) in [5, 5.41) is 0.0865. The summed E-state index contributed by atoms with van der Waals surface area (Å²) in [6.07, 6.45) is 5.42. The van der Waals surface area contributed by atoms with Crippen molar-refractivity contribution in [1.82, 2.24) is 15.0 Å². The number of pyridine rings is 1. The van der Waals surface area contributed by atoms with Crippen molar-refractivity contribution in [3.05, 3.63) is 41.9 Å². The van der Waals surface area contributed by atoms with E-state index in [9.17, 15) is 8.42 Å². The summed E-state index contributed by atoms with van der Waals surface area (Å²) in [5.41, 5.74) is 0. The molecule has 2 heterocycles. The topological polar surface area (TPSA) is 84.8 Å². The Morgan fingerprint density at radius 3 is 2.53 bits per heavy atom. The van der Waals surface area contributed by atoms with Gasteiger partial charge in [-0.3, -0.25) is 4.98 Å². The first-order chi connectivity index (χ1) is 8.09. The van der Waals surface area contributed by atoms with E-state index in [1.54, 1.807) is 6.07 Å². The Kier molecular flexibility index (Phi) is 3.21. The third-order valence-corrected chi connectivity index (χ3v) is 3.61. The van der Waals surface area contributed by atoms with Gasteiger partial charge in [0.2, 0.25) is 5.95 Å². The van der Waals surface area contributed by atoms with Crippen LogP contribution in [0, 0.1) is 0 Å². The number of nitrogens with zero attached hydrogens (tertiary/aromatic N) is 3. The lowest BCUT2D eigenvalue weighted by Crippen LogP contribution is -2.15. The second kappa shape index (κ2) is 4.64.